The summed E-state index contributed by atoms with van der Waals surface area (Å²) in [6.07, 6.45) is 0.322. The second-order valence-corrected chi connectivity index (χ2v) is 6.15. The maximum absolute atomic E-state index is 12.5. The number of ketones is 1. The molecule has 1 aromatic heterocycles. The summed E-state index contributed by atoms with van der Waals surface area (Å²) < 4.78 is 16.7. The Kier molecular flexibility index (Phi) is 5.25. The lowest BCUT2D eigenvalue weighted by molar-refractivity contribution is 0.0990. The van der Waals surface area contributed by atoms with Gasteiger partial charge in [-0.25, -0.2) is 0 Å². The van der Waals surface area contributed by atoms with Gasteiger partial charge in [-0.15, -0.1) is 11.3 Å². The number of hydrogen-bond donors (Lipinski definition) is 0. The molecule has 0 bridgehead atoms. The molecule has 0 saturated carbocycles. The lowest BCUT2D eigenvalue weighted by Gasteiger charge is -2.13. The zero-order valence-corrected chi connectivity index (χ0v) is 14.3. The normalized spacial score (nSPS) is 10.3. The molecule has 0 saturated heterocycles. The number of rotatable bonds is 6. The molecule has 0 unspecified atom stereocenters. The zero-order valence-electron chi connectivity index (χ0n) is 11.9. The third-order valence-electron chi connectivity index (χ3n) is 2.96. The lowest BCUT2D eigenvalue weighted by atomic mass is 10.1. The molecule has 0 aliphatic carbocycles. The Labute approximate surface area is 135 Å². The monoisotopic (exact) mass is 370 g/mol. The van der Waals surface area contributed by atoms with Crippen molar-refractivity contribution >= 4 is 33.0 Å². The molecule has 0 radical (unpaired) electrons. The number of halogens is 1. The first-order valence-corrected chi connectivity index (χ1v) is 7.82. The van der Waals surface area contributed by atoms with Gasteiger partial charge in [0.05, 0.1) is 26.9 Å². The van der Waals surface area contributed by atoms with Crippen LogP contribution in [0, 0.1) is 0 Å². The van der Waals surface area contributed by atoms with E-state index in [1.54, 1.807) is 19.2 Å². The first kappa shape index (κ1) is 15.9. The third-order valence-corrected chi connectivity index (χ3v) is 4.66. The van der Waals surface area contributed by atoms with Gasteiger partial charge in [-0.1, -0.05) is 0 Å². The predicted molar refractivity (Wildman–Crippen MR) is 86.2 cm³/mol. The molecule has 2 rings (SSSR count). The van der Waals surface area contributed by atoms with Crippen LogP contribution in [0.5, 0.6) is 17.2 Å². The zero-order chi connectivity index (χ0) is 15.4. The van der Waals surface area contributed by atoms with Gasteiger partial charge >= 0.3 is 0 Å². The molecule has 0 spiro atoms. The van der Waals surface area contributed by atoms with Gasteiger partial charge in [0, 0.05) is 27.2 Å². The molecule has 2 aromatic rings. The number of carbonyl (C=O) groups excluding carboxylic acids is 1. The van der Waals surface area contributed by atoms with Gasteiger partial charge in [-0.05, 0) is 28.1 Å². The summed E-state index contributed by atoms with van der Waals surface area (Å²) in [7, 11) is 4.61. The molecule has 112 valence electrons. The van der Waals surface area contributed by atoms with Crippen molar-refractivity contribution in [2.45, 2.75) is 6.42 Å². The standard InChI is InChI=1S/C15H15BrO4S/c1-18-13-7-15(20-3)14(19-2)6-11(13)12(17)5-10-4-9(16)8-21-10/h4,6-8H,5H2,1-3H3. The average Bonchev–Trinajstić information content (AvgIpc) is 2.90. The second-order valence-electron chi connectivity index (χ2n) is 4.24. The first-order chi connectivity index (χ1) is 10.1. The molecule has 4 nitrogen and oxygen atoms in total. The van der Waals surface area contributed by atoms with Crippen LogP contribution in [-0.2, 0) is 6.42 Å². The van der Waals surface area contributed by atoms with E-state index in [-0.39, 0.29) is 5.78 Å². The number of carbonyl (C=O) groups is 1. The molecule has 0 aliphatic rings. The average molecular weight is 371 g/mol. The van der Waals surface area contributed by atoms with Crippen molar-refractivity contribution < 1.29 is 19.0 Å². The summed E-state index contributed by atoms with van der Waals surface area (Å²) in [5.41, 5.74) is 0.486. The molecular formula is C15H15BrO4S. The Bertz CT molecular complexity index is 651. The molecule has 21 heavy (non-hydrogen) atoms. The highest BCUT2D eigenvalue weighted by atomic mass is 79.9. The van der Waals surface area contributed by atoms with E-state index in [9.17, 15) is 4.79 Å². The largest absolute Gasteiger partial charge is 0.496 e. The van der Waals surface area contributed by atoms with E-state index in [0.717, 1.165) is 9.35 Å². The lowest BCUT2D eigenvalue weighted by Crippen LogP contribution is -2.06. The summed E-state index contributed by atoms with van der Waals surface area (Å²) in [5.74, 6) is 1.49. The smallest absolute Gasteiger partial charge is 0.171 e. The fourth-order valence-electron chi connectivity index (χ4n) is 1.95. The summed E-state index contributed by atoms with van der Waals surface area (Å²) in [4.78, 5) is 13.5. The molecule has 1 heterocycles. The van der Waals surface area contributed by atoms with E-state index in [2.05, 4.69) is 15.9 Å². The van der Waals surface area contributed by atoms with Crippen molar-refractivity contribution in [3.05, 3.63) is 38.5 Å². The van der Waals surface area contributed by atoms with Crippen LogP contribution in [0.3, 0.4) is 0 Å². The van der Waals surface area contributed by atoms with E-state index < -0.39 is 0 Å². The Hall–Kier alpha value is -1.53. The molecule has 0 fully saturated rings. The van der Waals surface area contributed by atoms with Crippen LogP contribution in [0.1, 0.15) is 15.2 Å². The van der Waals surface area contributed by atoms with E-state index >= 15 is 0 Å². The number of benzene rings is 1. The molecule has 6 heteroatoms. The number of hydrogen-bond acceptors (Lipinski definition) is 5. The van der Waals surface area contributed by atoms with Gasteiger partial charge < -0.3 is 14.2 Å². The Balaban J connectivity index is 2.34. The summed E-state index contributed by atoms with van der Waals surface area (Å²) in [6.45, 7) is 0. The third kappa shape index (κ3) is 3.57. The first-order valence-electron chi connectivity index (χ1n) is 6.15. The van der Waals surface area contributed by atoms with Crippen LogP contribution in [0.25, 0.3) is 0 Å². The van der Waals surface area contributed by atoms with E-state index in [1.807, 2.05) is 11.4 Å². The van der Waals surface area contributed by atoms with Gasteiger partial charge in [0.1, 0.15) is 5.75 Å². The maximum Gasteiger partial charge on any atom is 0.171 e. The van der Waals surface area contributed by atoms with E-state index in [0.29, 0.717) is 29.2 Å². The molecule has 0 aliphatic heterocycles. The molecule has 0 atom stereocenters. The quantitative estimate of drug-likeness (QED) is 0.721. The van der Waals surface area contributed by atoms with Crippen LogP contribution in [0.2, 0.25) is 0 Å². The number of methoxy groups -OCH3 is 3. The van der Waals surface area contributed by atoms with E-state index in [1.165, 1.54) is 25.6 Å². The minimum atomic E-state index is -0.0258. The highest BCUT2D eigenvalue weighted by Gasteiger charge is 2.18. The SMILES string of the molecule is COc1cc(OC)c(C(=O)Cc2cc(Br)cs2)cc1OC. The molecular weight excluding hydrogens is 356 g/mol. The van der Waals surface area contributed by atoms with Crippen molar-refractivity contribution in [1.82, 2.24) is 0 Å². The fourth-order valence-corrected chi connectivity index (χ4v) is 3.40. The van der Waals surface area contributed by atoms with Gasteiger partial charge in [0.25, 0.3) is 0 Å². The minimum absolute atomic E-state index is 0.0258. The number of Topliss-reactive ketones (excluding diaryl/α,β-unsaturated/α-hetero) is 1. The Morgan fingerprint density at radius 2 is 1.67 bits per heavy atom. The number of thiophene rings is 1. The molecule has 1 aromatic carbocycles. The summed E-state index contributed by atoms with van der Waals surface area (Å²) in [6, 6.07) is 5.26. The van der Waals surface area contributed by atoms with Gasteiger partial charge in [-0.3, -0.25) is 4.79 Å². The van der Waals surface area contributed by atoms with Crippen molar-refractivity contribution in [2.75, 3.05) is 21.3 Å². The topological polar surface area (TPSA) is 44.8 Å². The Morgan fingerprint density at radius 1 is 1.05 bits per heavy atom. The molecule has 0 amide bonds. The van der Waals surface area contributed by atoms with Crippen LogP contribution in [-0.4, -0.2) is 27.1 Å². The molecule has 0 N–H and O–H groups in total. The van der Waals surface area contributed by atoms with Crippen LogP contribution >= 0.6 is 27.3 Å². The maximum atomic E-state index is 12.5. The van der Waals surface area contributed by atoms with Crippen LogP contribution in [0.15, 0.2) is 28.1 Å². The minimum Gasteiger partial charge on any atom is -0.496 e. The van der Waals surface area contributed by atoms with Crippen molar-refractivity contribution in [1.29, 1.82) is 0 Å². The van der Waals surface area contributed by atoms with Crippen LogP contribution < -0.4 is 14.2 Å². The van der Waals surface area contributed by atoms with Gasteiger partial charge in [-0.2, -0.15) is 0 Å². The Morgan fingerprint density at radius 3 is 2.19 bits per heavy atom. The number of ether oxygens (including phenoxy) is 3. The fraction of sp³-hybridized carbons (Fsp3) is 0.267. The van der Waals surface area contributed by atoms with Gasteiger partial charge in [0.2, 0.25) is 0 Å². The summed E-state index contributed by atoms with van der Waals surface area (Å²) >= 11 is 4.93. The van der Waals surface area contributed by atoms with E-state index in [4.69, 9.17) is 14.2 Å². The highest BCUT2D eigenvalue weighted by molar-refractivity contribution is 9.10. The predicted octanol–water partition coefficient (Wildman–Crippen LogP) is 3.96. The van der Waals surface area contributed by atoms with Crippen molar-refractivity contribution in [2.24, 2.45) is 0 Å². The van der Waals surface area contributed by atoms with Gasteiger partial charge in [0.15, 0.2) is 17.3 Å². The summed E-state index contributed by atoms with van der Waals surface area (Å²) in [5, 5.41) is 1.95. The van der Waals surface area contributed by atoms with Crippen LogP contribution in [0.4, 0.5) is 0 Å². The second kappa shape index (κ2) is 6.95. The van der Waals surface area contributed by atoms with Crippen molar-refractivity contribution in [3.63, 3.8) is 0 Å². The highest BCUT2D eigenvalue weighted by Crippen LogP contribution is 2.35. The van der Waals surface area contributed by atoms with Crippen molar-refractivity contribution in [3.8, 4) is 17.2 Å².